The Balaban J connectivity index is 1.70. The summed E-state index contributed by atoms with van der Waals surface area (Å²) in [5.74, 6) is 0. The molecule has 0 bridgehead atoms. The monoisotopic (exact) mass is 280 g/mol. The van der Waals surface area contributed by atoms with Crippen LogP contribution in [0.15, 0.2) is 42.5 Å². The summed E-state index contributed by atoms with van der Waals surface area (Å²) in [4.78, 5) is 2.40. The highest BCUT2D eigenvalue weighted by Gasteiger charge is 2.13. The van der Waals surface area contributed by atoms with Crippen LogP contribution in [0.2, 0.25) is 0 Å². The zero-order valence-corrected chi connectivity index (χ0v) is 13.0. The molecule has 1 aliphatic heterocycles. The zero-order chi connectivity index (χ0) is 14.7. The molecule has 0 radical (unpaired) electrons. The van der Waals surface area contributed by atoms with Gasteiger partial charge in [0.1, 0.15) is 0 Å². The predicted molar refractivity (Wildman–Crippen MR) is 89.6 cm³/mol. The largest absolute Gasteiger partial charge is 0.385 e. The molecular weight excluding hydrogens is 256 g/mol. The molecule has 2 heteroatoms. The Hall–Kier alpha value is -1.80. The van der Waals surface area contributed by atoms with Crippen LogP contribution in [0, 0.1) is 6.92 Å². The van der Waals surface area contributed by atoms with Crippen molar-refractivity contribution in [3.63, 3.8) is 0 Å². The van der Waals surface area contributed by atoms with Crippen LogP contribution in [-0.2, 0) is 19.5 Å². The van der Waals surface area contributed by atoms with E-state index in [9.17, 15) is 0 Å². The zero-order valence-electron chi connectivity index (χ0n) is 13.0. The van der Waals surface area contributed by atoms with Crippen LogP contribution in [0.4, 0.5) is 5.69 Å². The minimum absolute atomic E-state index is 0.997. The lowest BCUT2D eigenvalue weighted by Crippen LogP contribution is -2.20. The van der Waals surface area contributed by atoms with Gasteiger partial charge in [0.05, 0.1) is 0 Å². The van der Waals surface area contributed by atoms with Gasteiger partial charge in [-0.1, -0.05) is 42.0 Å². The molecule has 110 valence electrons. The molecule has 21 heavy (non-hydrogen) atoms. The summed E-state index contributed by atoms with van der Waals surface area (Å²) in [6.45, 7) is 5.25. The molecule has 2 nitrogen and oxygen atoms in total. The molecule has 0 amide bonds. The third-order valence-corrected chi connectivity index (χ3v) is 4.21. The van der Waals surface area contributed by atoms with Crippen LogP contribution in [0.1, 0.15) is 28.7 Å². The molecule has 0 unspecified atom stereocenters. The van der Waals surface area contributed by atoms with Gasteiger partial charge in [-0.25, -0.2) is 0 Å². The van der Waals surface area contributed by atoms with Gasteiger partial charge in [-0.2, -0.15) is 0 Å². The first kappa shape index (κ1) is 14.2. The van der Waals surface area contributed by atoms with Crippen molar-refractivity contribution in [3.05, 3.63) is 64.7 Å². The van der Waals surface area contributed by atoms with E-state index in [1.54, 1.807) is 0 Å². The molecule has 1 aliphatic rings. The molecule has 1 heterocycles. The standard InChI is InChI=1S/C19H24N2/c1-15-8-10-16(11-9-15)13-21(2)14-17-5-3-7-19-18(17)6-4-12-20-19/h3,5,7-11,20H,4,6,12-14H2,1-2H3. The lowest BCUT2D eigenvalue weighted by atomic mass is 9.97. The first-order chi connectivity index (χ1) is 10.2. The highest BCUT2D eigenvalue weighted by Crippen LogP contribution is 2.26. The number of nitrogens with zero attached hydrogens (tertiary/aromatic N) is 1. The number of anilines is 1. The lowest BCUT2D eigenvalue weighted by Gasteiger charge is -2.24. The summed E-state index contributed by atoms with van der Waals surface area (Å²) in [7, 11) is 2.20. The highest BCUT2D eigenvalue weighted by molar-refractivity contribution is 5.56. The van der Waals surface area contributed by atoms with Gasteiger partial charge in [-0.15, -0.1) is 0 Å². The number of aryl methyl sites for hydroxylation is 1. The Morgan fingerprint density at radius 1 is 1.05 bits per heavy atom. The van der Waals surface area contributed by atoms with E-state index in [1.165, 1.54) is 40.8 Å². The molecule has 0 saturated carbocycles. The van der Waals surface area contributed by atoms with E-state index < -0.39 is 0 Å². The fourth-order valence-corrected chi connectivity index (χ4v) is 3.08. The average Bonchev–Trinajstić information content (AvgIpc) is 2.50. The van der Waals surface area contributed by atoms with Crippen LogP contribution in [-0.4, -0.2) is 18.5 Å². The SMILES string of the molecule is Cc1ccc(CN(C)Cc2cccc3c2CCCN3)cc1. The molecule has 0 fully saturated rings. The second-order valence-corrected chi connectivity index (χ2v) is 6.13. The van der Waals surface area contributed by atoms with Crippen LogP contribution >= 0.6 is 0 Å². The van der Waals surface area contributed by atoms with Crippen molar-refractivity contribution in [2.75, 3.05) is 18.9 Å². The number of rotatable bonds is 4. The number of fused-ring (bicyclic) bond motifs is 1. The van der Waals surface area contributed by atoms with E-state index in [4.69, 9.17) is 0 Å². The molecule has 0 aliphatic carbocycles. The van der Waals surface area contributed by atoms with Crippen molar-refractivity contribution in [2.24, 2.45) is 0 Å². The van der Waals surface area contributed by atoms with E-state index in [-0.39, 0.29) is 0 Å². The predicted octanol–water partition coefficient (Wildman–Crippen LogP) is 3.99. The van der Waals surface area contributed by atoms with Crippen LogP contribution in [0.25, 0.3) is 0 Å². The third kappa shape index (κ3) is 3.45. The third-order valence-electron chi connectivity index (χ3n) is 4.21. The molecule has 1 N–H and O–H groups in total. The fraction of sp³-hybridized carbons (Fsp3) is 0.368. The lowest BCUT2D eigenvalue weighted by molar-refractivity contribution is 0.318. The molecule has 3 rings (SSSR count). The summed E-state index contributed by atoms with van der Waals surface area (Å²) in [6.07, 6.45) is 2.45. The molecule has 0 aromatic heterocycles. The van der Waals surface area contributed by atoms with E-state index >= 15 is 0 Å². The summed E-state index contributed by atoms with van der Waals surface area (Å²) in [6, 6.07) is 15.5. The van der Waals surface area contributed by atoms with Gasteiger partial charge in [-0.05, 0) is 49.6 Å². The van der Waals surface area contributed by atoms with Gasteiger partial charge in [0.25, 0.3) is 0 Å². The average molecular weight is 280 g/mol. The summed E-state index contributed by atoms with van der Waals surface area (Å²) < 4.78 is 0. The van der Waals surface area contributed by atoms with Crippen LogP contribution in [0.5, 0.6) is 0 Å². The van der Waals surface area contributed by atoms with Crippen molar-refractivity contribution in [3.8, 4) is 0 Å². The van der Waals surface area contributed by atoms with Crippen LogP contribution in [0.3, 0.4) is 0 Å². The van der Waals surface area contributed by atoms with E-state index in [0.29, 0.717) is 0 Å². The summed E-state index contributed by atoms with van der Waals surface area (Å²) in [5.41, 5.74) is 7.02. The van der Waals surface area contributed by atoms with Gasteiger partial charge < -0.3 is 5.32 Å². The van der Waals surface area contributed by atoms with Gasteiger partial charge in [0.15, 0.2) is 0 Å². The first-order valence-electron chi connectivity index (χ1n) is 7.81. The van der Waals surface area contributed by atoms with Gasteiger partial charge in [0, 0.05) is 25.3 Å². The minimum atomic E-state index is 0.997. The number of hydrogen-bond acceptors (Lipinski definition) is 2. The molecule has 2 aromatic carbocycles. The maximum atomic E-state index is 3.51. The van der Waals surface area contributed by atoms with Crippen molar-refractivity contribution in [1.82, 2.24) is 4.90 Å². The van der Waals surface area contributed by atoms with E-state index in [1.807, 2.05) is 0 Å². The minimum Gasteiger partial charge on any atom is -0.385 e. The number of benzene rings is 2. The molecule has 0 atom stereocenters. The Morgan fingerprint density at radius 3 is 2.67 bits per heavy atom. The molecule has 0 saturated heterocycles. The van der Waals surface area contributed by atoms with Crippen LogP contribution < -0.4 is 5.32 Å². The molecule has 2 aromatic rings. The van der Waals surface area contributed by atoms with E-state index in [0.717, 1.165) is 19.6 Å². The Labute approximate surface area is 127 Å². The Kier molecular flexibility index (Phi) is 4.26. The van der Waals surface area contributed by atoms with Crippen molar-refractivity contribution in [2.45, 2.75) is 32.9 Å². The topological polar surface area (TPSA) is 15.3 Å². The summed E-state index contributed by atoms with van der Waals surface area (Å²) in [5, 5.41) is 3.51. The van der Waals surface area contributed by atoms with Gasteiger partial charge >= 0.3 is 0 Å². The quantitative estimate of drug-likeness (QED) is 0.911. The van der Waals surface area contributed by atoms with Crippen molar-refractivity contribution in [1.29, 1.82) is 0 Å². The Bertz CT molecular complexity index is 601. The highest BCUT2D eigenvalue weighted by atomic mass is 15.1. The fourth-order valence-electron chi connectivity index (χ4n) is 3.08. The maximum absolute atomic E-state index is 3.51. The smallest absolute Gasteiger partial charge is 0.0375 e. The maximum Gasteiger partial charge on any atom is 0.0375 e. The second kappa shape index (κ2) is 6.31. The normalized spacial score (nSPS) is 13.9. The number of hydrogen-bond donors (Lipinski definition) is 1. The Morgan fingerprint density at radius 2 is 1.86 bits per heavy atom. The summed E-state index contributed by atoms with van der Waals surface area (Å²) >= 11 is 0. The first-order valence-corrected chi connectivity index (χ1v) is 7.81. The second-order valence-electron chi connectivity index (χ2n) is 6.13. The van der Waals surface area contributed by atoms with Crippen molar-refractivity contribution < 1.29 is 0 Å². The molecular formula is C19H24N2. The van der Waals surface area contributed by atoms with Crippen molar-refractivity contribution >= 4 is 5.69 Å². The van der Waals surface area contributed by atoms with Gasteiger partial charge in [-0.3, -0.25) is 4.90 Å². The number of nitrogens with one attached hydrogen (secondary N) is 1. The van der Waals surface area contributed by atoms with E-state index in [2.05, 4.69) is 66.7 Å². The molecule has 0 spiro atoms. The van der Waals surface area contributed by atoms with Gasteiger partial charge in [0.2, 0.25) is 0 Å².